The van der Waals surface area contributed by atoms with Gasteiger partial charge in [-0.2, -0.15) is 4.72 Å². The number of rotatable bonds is 7. The third-order valence-electron chi connectivity index (χ3n) is 3.04. The third-order valence-corrected chi connectivity index (χ3v) is 4.46. The van der Waals surface area contributed by atoms with Crippen molar-refractivity contribution in [1.29, 1.82) is 0 Å². The molecule has 22 heavy (non-hydrogen) atoms. The van der Waals surface area contributed by atoms with E-state index >= 15 is 0 Å². The van der Waals surface area contributed by atoms with E-state index in [0.717, 1.165) is 18.4 Å². The van der Waals surface area contributed by atoms with Crippen LogP contribution < -0.4 is 10.0 Å². The Hall–Kier alpha value is -1.93. The number of ether oxygens (including phenoxy) is 1. The molecule has 8 heteroatoms. The van der Waals surface area contributed by atoms with Crippen molar-refractivity contribution in [2.24, 2.45) is 0 Å². The molecule has 1 aromatic rings. The predicted octanol–water partition coefficient (Wildman–Crippen LogP) is 0.0951. The molecule has 1 fully saturated rings. The van der Waals surface area contributed by atoms with Crippen LogP contribution in [0.15, 0.2) is 29.2 Å². The van der Waals surface area contributed by atoms with Crippen LogP contribution in [0.2, 0.25) is 0 Å². The van der Waals surface area contributed by atoms with Gasteiger partial charge in [0.1, 0.15) is 6.54 Å². The van der Waals surface area contributed by atoms with Gasteiger partial charge in [-0.15, -0.1) is 0 Å². The molecule has 1 aliphatic carbocycles. The summed E-state index contributed by atoms with van der Waals surface area (Å²) in [5.74, 6) is -1.18. The van der Waals surface area contributed by atoms with Crippen LogP contribution in [0.25, 0.3) is 0 Å². The summed E-state index contributed by atoms with van der Waals surface area (Å²) in [5, 5.41) is 2.66. The van der Waals surface area contributed by atoms with Crippen molar-refractivity contribution in [3.8, 4) is 0 Å². The molecule has 0 saturated heterocycles. The number of carbonyl (C=O) groups is 2. The van der Waals surface area contributed by atoms with Crippen molar-refractivity contribution < 1.29 is 22.7 Å². The average molecular weight is 326 g/mol. The largest absolute Gasteiger partial charge is 0.455 e. The molecule has 2 N–H and O–H groups in total. The minimum Gasteiger partial charge on any atom is -0.455 e. The predicted molar refractivity (Wildman–Crippen MR) is 78.5 cm³/mol. The standard InChI is InChI=1S/C14H18N2O5S/c1-10-2-6-12(7-3-10)22(19,20)15-8-14(18)21-9-13(17)16-11-4-5-11/h2-3,6-7,11,15H,4-5,8-9H2,1H3,(H,16,17). The summed E-state index contributed by atoms with van der Waals surface area (Å²) in [7, 11) is -3.77. The molecule has 1 saturated carbocycles. The number of carbonyl (C=O) groups excluding carboxylic acids is 2. The van der Waals surface area contributed by atoms with Gasteiger partial charge in [0, 0.05) is 6.04 Å². The van der Waals surface area contributed by atoms with E-state index in [1.165, 1.54) is 12.1 Å². The summed E-state index contributed by atoms with van der Waals surface area (Å²) in [4.78, 5) is 22.8. The van der Waals surface area contributed by atoms with Gasteiger partial charge in [0.05, 0.1) is 4.90 Å². The number of esters is 1. The molecule has 1 aliphatic rings. The molecule has 0 heterocycles. The summed E-state index contributed by atoms with van der Waals surface area (Å²) < 4.78 is 30.7. The van der Waals surface area contributed by atoms with Gasteiger partial charge in [0.25, 0.3) is 5.91 Å². The maximum atomic E-state index is 11.9. The maximum Gasteiger partial charge on any atom is 0.321 e. The number of sulfonamides is 1. The minimum atomic E-state index is -3.77. The molecule has 0 unspecified atom stereocenters. The van der Waals surface area contributed by atoms with Gasteiger partial charge in [0.2, 0.25) is 10.0 Å². The first-order chi connectivity index (χ1) is 10.4. The summed E-state index contributed by atoms with van der Waals surface area (Å²) in [6, 6.07) is 6.41. The summed E-state index contributed by atoms with van der Waals surface area (Å²) in [6.07, 6.45) is 1.88. The molecule has 120 valence electrons. The van der Waals surface area contributed by atoms with E-state index in [9.17, 15) is 18.0 Å². The van der Waals surface area contributed by atoms with E-state index in [2.05, 4.69) is 10.0 Å². The van der Waals surface area contributed by atoms with Crippen molar-refractivity contribution in [1.82, 2.24) is 10.0 Å². The Labute approximate surface area is 129 Å². The number of hydrogen-bond donors (Lipinski definition) is 2. The Balaban J connectivity index is 1.76. The Morgan fingerprint density at radius 1 is 1.23 bits per heavy atom. The molecule has 2 rings (SSSR count). The molecule has 7 nitrogen and oxygen atoms in total. The first-order valence-corrected chi connectivity index (χ1v) is 8.36. The molecule has 0 atom stereocenters. The van der Waals surface area contributed by atoms with Crippen LogP contribution in [0.5, 0.6) is 0 Å². The molecule has 1 aromatic carbocycles. The van der Waals surface area contributed by atoms with Gasteiger partial charge >= 0.3 is 5.97 Å². The van der Waals surface area contributed by atoms with Crippen LogP contribution in [0.3, 0.4) is 0 Å². The number of nitrogens with one attached hydrogen (secondary N) is 2. The highest BCUT2D eigenvalue weighted by molar-refractivity contribution is 7.89. The van der Waals surface area contributed by atoms with Crippen molar-refractivity contribution >= 4 is 21.9 Å². The van der Waals surface area contributed by atoms with Crippen molar-refractivity contribution in [2.75, 3.05) is 13.2 Å². The molecule has 0 spiro atoms. The zero-order valence-electron chi connectivity index (χ0n) is 12.2. The van der Waals surface area contributed by atoms with E-state index < -0.39 is 29.1 Å². The van der Waals surface area contributed by atoms with Crippen molar-refractivity contribution in [3.05, 3.63) is 29.8 Å². The molecular formula is C14H18N2O5S. The third kappa shape index (κ3) is 5.12. The quantitative estimate of drug-likeness (QED) is 0.692. The molecule has 0 aliphatic heterocycles. The summed E-state index contributed by atoms with van der Waals surface area (Å²) >= 11 is 0. The number of amides is 1. The number of aryl methyl sites for hydroxylation is 1. The van der Waals surface area contributed by atoms with Gasteiger partial charge in [-0.25, -0.2) is 8.42 Å². The first kappa shape index (κ1) is 16.4. The van der Waals surface area contributed by atoms with Gasteiger partial charge < -0.3 is 10.1 Å². The maximum absolute atomic E-state index is 11.9. The molecular weight excluding hydrogens is 308 g/mol. The first-order valence-electron chi connectivity index (χ1n) is 6.88. The average Bonchev–Trinajstić information content (AvgIpc) is 3.27. The second-order valence-electron chi connectivity index (χ2n) is 5.14. The Morgan fingerprint density at radius 3 is 2.45 bits per heavy atom. The van der Waals surface area contributed by atoms with E-state index in [-0.39, 0.29) is 16.8 Å². The van der Waals surface area contributed by atoms with Crippen LogP contribution >= 0.6 is 0 Å². The Morgan fingerprint density at radius 2 is 1.86 bits per heavy atom. The SMILES string of the molecule is Cc1ccc(S(=O)(=O)NCC(=O)OCC(=O)NC2CC2)cc1. The van der Waals surface area contributed by atoms with E-state index in [1.54, 1.807) is 12.1 Å². The Bertz CT molecular complexity index is 650. The fourth-order valence-electron chi connectivity index (χ4n) is 1.65. The highest BCUT2D eigenvalue weighted by Crippen LogP contribution is 2.18. The number of benzene rings is 1. The minimum absolute atomic E-state index is 0.0670. The Kier molecular flexibility index (Phi) is 5.15. The van der Waals surface area contributed by atoms with Crippen molar-refractivity contribution in [2.45, 2.75) is 30.7 Å². The lowest BCUT2D eigenvalue weighted by atomic mass is 10.2. The topological polar surface area (TPSA) is 102 Å². The summed E-state index contributed by atoms with van der Waals surface area (Å²) in [5.41, 5.74) is 0.931. The number of hydrogen-bond acceptors (Lipinski definition) is 5. The van der Waals surface area contributed by atoms with E-state index in [0.29, 0.717) is 0 Å². The fourth-order valence-corrected chi connectivity index (χ4v) is 2.62. The van der Waals surface area contributed by atoms with Gasteiger partial charge in [-0.3, -0.25) is 9.59 Å². The second-order valence-corrected chi connectivity index (χ2v) is 6.91. The van der Waals surface area contributed by atoms with Crippen LogP contribution in [0.1, 0.15) is 18.4 Å². The fraction of sp³-hybridized carbons (Fsp3) is 0.429. The molecule has 1 amide bonds. The molecule has 0 aromatic heterocycles. The highest BCUT2D eigenvalue weighted by atomic mass is 32.2. The zero-order valence-corrected chi connectivity index (χ0v) is 13.0. The van der Waals surface area contributed by atoms with Gasteiger partial charge in [0.15, 0.2) is 6.61 Å². The monoisotopic (exact) mass is 326 g/mol. The highest BCUT2D eigenvalue weighted by Gasteiger charge is 2.23. The van der Waals surface area contributed by atoms with Crippen LogP contribution in [0.4, 0.5) is 0 Å². The molecule has 0 radical (unpaired) electrons. The van der Waals surface area contributed by atoms with Crippen LogP contribution in [0, 0.1) is 6.92 Å². The van der Waals surface area contributed by atoms with Crippen LogP contribution in [-0.4, -0.2) is 39.5 Å². The second kappa shape index (κ2) is 6.89. The zero-order chi connectivity index (χ0) is 16.2. The lowest BCUT2D eigenvalue weighted by molar-refractivity contribution is -0.147. The van der Waals surface area contributed by atoms with E-state index in [1.807, 2.05) is 6.92 Å². The lowest BCUT2D eigenvalue weighted by Gasteiger charge is -2.08. The molecule has 0 bridgehead atoms. The normalized spacial score (nSPS) is 14.4. The lowest BCUT2D eigenvalue weighted by Crippen LogP contribution is -2.34. The van der Waals surface area contributed by atoms with E-state index in [4.69, 9.17) is 4.74 Å². The van der Waals surface area contributed by atoms with Gasteiger partial charge in [-0.05, 0) is 31.9 Å². The van der Waals surface area contributed by atoms with Gasteiger partial charge in [-0.1, -0.05) is 17.7 Å². The summed E-state index contributed by atoms with van der Waals surface area (Å²) in [6.45, 7) is 0.919. The smallest absolute Gasteiger partial charge is 0.321 e. The van der Waals surface area contributed by atoms with Crippen LogP contribution in [-0.2, 0) is 24.3 Å². The van der Waals surface area contributed by atoms with Crippen molar-refractivity contribution in [3.63, 3.8) is 0 Å².